The van der Waals surface area contributed by atoms with Crippen LogP contribution in [0.4, 0.5) is 9.18 Å². The van der Waals surface area contributed by atoms with Gasteiger partial charge in [0.1, 0.15) is 53.9 Å². The molecule has 20 heteroatoms. The van der Waals surface area contributed by atoms with Crippen LogP contribution in [0.2, 0.25) is 0 Å². The van der Waals surface area contributed by atoms with Gasteiger partial charge in [-0.3, -0.25) is 43.8 Å². The quantitative estimate of drug-likeness (QED) is 0.0546. The second-order valence-electron chi connectivity index (χ2n) is 18.6. The van der Waals surface area contributed by atoms with Crippen LogP contribution in [0.25, 0.3) is 0 Å². The number of ether oxygens (including phenoxy) is 4. The number of nitrogens with one attached hydrogen (secondary N) is 5. The van der Waals surface area contributed by atoms with E-state index < -0.39 is 126 Å². The maximum atomic E-state index is 14.1. The standard InChI is InChI=1S/C47H65FN6O13/c1-29(2)40(43(62)53-54(27-39(59)67-47(9,10)11)36(56)23-22-35(55)49-26-30-17-19-32(48)20-18-30)52-41(60)33(21-24-37(57)65-45(3,4)5)50-42(61)34(25-38(58)66-46(6,7)8)51-44(63)64-28-31-15-13-12-14-16-31/h12-20,22-23,29,33-34,40H,21,24-28H2,1-11H3,(H,49,55)(H,50,61)(H,51,63)(H,52,60)(H,53,62)/b23-22+/t33-,34-,40-/m0/s1. The molecule has 0 aliphatic carbocycles. The van der Waals surface area contributed by atoms with Crippen LogP contribution < -0.4 is 26.7 Å². The summed E-state index contributed by atoms with van der Waals surface area (Å²) in [5.41, 5.74) is 0.620. The number of halogens is 1. The molecule has 0 bridgehead atoms. The van der Waals surface area contributed by atoms with Crippen molar-refractivity contribution in [1.29, 1.82) is 0 Å². The summed E-state index contributed by atoms with van der Waals surface area (Å²) >= 11 is 0. The zero-order valence-electron chi connectivity index (χ0n) is 40.0. The smallest absolute Gasteiger partial charge is 0.408 e. The van der Waals surface area contributed by atoms with Crippen molar-refractivity contribution < 1.29 is 66.5 Å². The van der Waals surface area contributed by atoms with Crippen molar-refractivity contribution in [3.8, 4) is 0 Å². The summed E-state index contributed by atoms with van der Waals surface area (Å²) in [6.45, 7) is 16.5. The van der Waals surface area contributed by atoms with Gasteiger partial charge in [0.25, 0.3) is 11.8 Å². The van der Waals surface area contributed by atoms with Gasteiger partial charge in [-0.25, -0.2) is 14.2 Å². The number of alkyl carbamates (subject to hydrolysis) is 1. The molecule has 0 fully saturated rings. The van der Waals surface area contributed by atoms with Crippen molar-refractivity contribution in [3.63, 3.8) is 0 Å². The summed E-state index contributed by atoms with van der Waals surface area (Å²) < 4.78 is 34.7. The Morgan fingerprint density at radius 3 is 1.76 bits per heavy atom. The maximum Gasteiger partial charge on any atom is 0.408 e. The first-order valence-electron chi connectivity index (χ1n) is 21.6. The van der Waals surface area contributed by atoms with Gasteiger partial charge in [-0.1, -0.05) is 56.3 Å². The van der Waals surface area contributed by atoms with Gasteiger partial charge in [-0.05, 0) is 97.9 Å². The third-order valence-corrected chi connectivity index (χ3v) is 8.52. The van der Waals surface area contributed by atoms with Gasteiger partial charge in [0.2, 0.25) is 17.7 Å². The van der Waals surface area contributed by atoms with E-state index in [9.17, 15) is 47.5 Å². The third-order valence-electron chi connectivity index (χ3n) is 8.52. The Balaban J connectivity index is 2.41. The number of nitrogens with zero attached hydrogens (tertiary/aromatic N) is 1. The molecule has 19 nitrogen and oxygen atoms in total. The number of esters is 3. The molecular formula is C47H65FN6O13. The van der Waals surface area contributed by atoms with Crippen LogP contribution in [0.3, 0.4) is 0 Å². The van der Waals surface area contributed by atoms with Crippen molar-refractivity contribution in [1.82, 2.24) is 31.7 Å². The lowest BCUT2D eigenvalue weighted by molar-refractivity contribution is -0.161. The van der Waals surface area contributed by atoms with Crippen molar-refractivity contribution in [2.45, 2.75) is 144 Å². The number of rotatable bonds is 20. The molecule has 0 aromatic heterocycles. The van der Waals surface area contributed by atoms with Crippen LogP contribution in [0, 0.1) is 11.7 Å². The zero-order valence-corrected chi connectivity index (χ0v) is 40.0. The molecule has 2 rings (SSSR count). The van der Waals surface area contributed by atoms with Gasteiger partial charge in [-0.15, -0.1) is 0 Å². The van der Waals surface area contributed by atoms with E-state index in [2.05, 4.69) is 26.7 Å². The molecule has 0 saturated heterocycles. The molecule has 0 aliphatic heterocycles. The molecule has 0 saturated carbocycles. The van der Waals surface area contributed by atoms with Crippen LogP contribution in [-0.2, 0) is 70.5 Å². The molecule has 0 heterocycles. The molecule has 2 aromatic rings. The van der Waals surface area contributed by atoms with Crippen LogP contribution >= 0.6 is 0 Å². The number of benzene rings is 2. The van der Waals surface area contributed by atoms with E-state index in [1.54, 1.807) is 106 Å². The monoisotopic (exact) mass is 940 g/mol. The van der Waals surface area contributed by atoms with E-state index in [0.717, 1.165) is 12.2 Å². The van der Waals surface area contributed by atoms with Gasteiger partial charge in [0, 0.05) is 25.1 Å². The number of hydrogen-bond donors (Lipinski definition) is 5. The van der Waals surface area contributed by atoms with Crippen molar-refractivity contribution in [2.24, 2.45) is 5.92 Å². The highest BCUT2D eigenvalue weighted by molar-refractivity contribution is 5.99. The lowest BCUT2D eigenvalue weighted by atomic mass is 10.0. The topological polar surface area (TPSA) is 254 Å². The minimum atomic E-state index is -1.66. The van der Waals surface area contributed by atoms with E-state index >= 15 is 0 Å². The highest BCUT2D eigenvalue weighted by atomic mass is 19.1. The van der Waals surface area contributed by atoms with E-state index in [4.69, 9.17) is 18.9 Å². The average Bonchev–Trinajstić information content (AvgIpc) is 3.19. The molecule has 368 valence electrons. The van der Waals surface area contributed by atoms with Gasteiger partial charge < -0.3 is 40.2 Å². The summed E-state index contributed by atoms with van der Waals surface area (Å²) in [6.07, 6.45) is -0.951. The first-order chi connectivity index (χ1) is 31.0. The number of amides is 6. The largest absolute Gasteiger partial charge is 0.460 e. The van der Waals surface area contributed by atoms with E-state index in [1.807, 2.05) is 0 Å². The minimum Gasteiger partial charge on any atom is -0.460 e. The highest BCUT2D eigenvalue weighted by Gasteiger charge is 2.35. The molecule has 0 unspecified atom stereocenters. The molecule has 0 radical (unpaired) electrons. The molecule has 67 heavy (non-hydrogen) atoms. The molecule has 6 amide bonds. The fourth-order valence-corrected chi connectivity index (χ4v) is 5.62. The van der Waals surface area contributed by atoms with Crippen LogP contribution in [0.15, 0.2) is 66.7 Å². The van der Waals surface area contributed by atoms with Crippen molar-refractivity contribution in [3.05, 3.63) is 83.7 Å². The molecule has 3 atom stereocenters. The highest BCUT2D eigenvalue weighted by Crippen LogP contribution is 2.14. The Hall–Kier alpha value is -6.86. The van der Waals surface area contributed by atoms with Gasteiger partial charge in [0.15, 0.2) is 0 Å². The predicted octanol–water partition coefficient (Wildman–Crippen LogP) is 3.97. The SMILES string of the molecule is CC(C)[C@H](NC(=O)[C@H](CCC(=O)OC(C)(C)C)NC(=O)[C@H](CC(=O)OC(C)(C)C)NC(=O)OCc1ccccc1)C(=O)NN(CC(=O)OC(C)(C)C)C(=O)/C=C/C(=O)NCc1ccc(F)cc1. The third kappa shape index (κ3) is 23.8. The summed E-state index contributed by atoms with van der Waals surface area (Å²) in [4.78, 5) is 120. The molecule has 5 N–H and O–H groups in total. The Labute approximate surface area is 390 Å². The van der Waals surface area contributed by atoms with Gasteiger partial charge >= 0.3 is 24.0 Å². The predicted molar refractivity (Wildman–Crippen MR) is 241 cm³/mol. The van der Waals surface area contributed by atoms with Crippen molar-refractivity contribution in [2.75, 3.05) is 6.54 Å². The first kappa shape index (κ1) is 56.3. The Morgan fingerprint density at radius 1 is 0.642 bits per heavy atom. The number of hydrazine groups is 1. The zero-order chi connectivity index (χ0) is 50.7. The first-order valence-corrected chi connectivity index (χ1v) is 21.6. The van der Waals surface area contributed by atoms with E-state index in [0.29, 0.717) is 16.1 Å². The summed E-state index contributed by atoms with van der Waals surface area (Å²) in [7, 11) is 0. The van der Waals surface area contributed by atoms with Gasteiger partial charge in [-0.2, -0.15) is 0 Å². The fraction of sp³-hybridized carbons (Fsp3) is 0.511. The van der Waals surface area contributed by atoms with E-state index in [-0.39, 0.29) is 13.2 Å². The molecule has 2 aromatic carbocycles. The Kier molecular flexibility index (Phi) is 21.6. The normalized spacial score (nSPS) is 13.0. The maximum absolute atomic E-state index is 14.1. The van der Waals surface area contributed by atoms with Crippen LogP contribution in [0.1, 0.15) is 107 Å². The second-order valence-corrected chi connectivity index (χ2v) is 18.6. The number of hydrogen-bond acceptors (Lipinski definition) is 13. The van der Waals surface area contributed by atoms with Crippen LogP contribution in [0.5, 0.6) is 0 Å². The minimum absolute atomic E-state index is 0.00675. The number of carbonyl (C=O) groups is 9. The Bertz CT molecular complexity index is 2070. The average molecular weight is 941 g/mol. The van der Waals surface area contributed by atoms with Crippen molar-refractivity contribution >= 4 is 53.5 Å². The fourth-order valence-electron chi connectivity index (χ4n) is 5.62. The Morgan fingerprint density at radius 2 is 1.19 bits per heavy atom. The van der Waals surface area contributed by atoms with E-state index in [1.165, 1.54) is 24.3 Å². The number of carbonyl (C=O) groups excluding carboxylic acids is 9. The lowest BCUT2D eigenvalue weighted by Crippen LogP contribution is -2.60. The lowest BCUT2D eigenvalue weighted by Gasteiger charge is -2.29. The summed E-state index contributed by atoms with van der Waals surface area (Å²) in [6, 6.07) is 9.21. The second kappa shape index (κ2) is 25.7. The summed E-state index contributed by atoms with van der Waals surface area (Å²) in [5.74, 6) is -8.60. The molecule has 0 aliphatic rings. The molecular weight excluding hydrogens is 876 g/mol. The molecule has 0 spiro atoms. The summed E-state index contributed by atoms with van der Waals surface area (Å²) in [5, 5.41) is 10.4. The van der Waals surface area contributed by atoms with Crippen LogP contribution in [-0.4, -0.2) is 100 Å². The van der Waals surface area contributed by atoms with Gasteiger partial charge in [0.05, 0.1) is 6.42 Å².